The van der Waals surface area contributed by atoms with Crippen LogP contribution in [0, 0.1) is 17.8 Å². The van der Waals surface area contributed by atoms with Gasteiger partial charge < -0.3 is 5.32 Å². The van der Waals surface area contributed by atoms with Crippen molar-refractivity contribution in [2.75, 3.05) is 12.4 Å². The van der Waals surface area contributed by atoms with E-state index in [-0.39, 0.29) is 6.04 Å². The molecule has 0 saturated heterocycles. The van der Waals surface area contributed by atoms with Crippen molar-refractivity contribution in [2.24, 2.45) is 17.8 Å². The van der Waals surface area contributed by atoms with E-state index in [1.54, 1.807) is 24.3 Å². The van der Waals surface area contributed by atoms with E-state index < -0.39 is 10.0 Å². The van der Waals surface area contributed by atoms with Gasteiger partial charge in [-0.25, -0.2) is 13.1 Å². The normalized spacial score (nSPS) is 29.5. The van der Waals surface area contributed by atoms with Gasteiger partial charge in [0.25, 0.3) is 0 Å². The Morgan fingerprint density at radius 2 is 1.86 bits per heavy atom. The van der Waals surface area contributed by atoms with Crippen molar-refractivity contribution in [1.29, 1.82) is 0 Å². The summed E-state index contributed by atoms with van der Waals surface area (Å²) in [5, 5.41) is 2.99. The van der Waals surface area contributed by atoms with Crippen LogP contribution in [0.4, 0.5) is 5.69 Å². The number of nitrogens with one attached hydrogen (secondary N) is 2. The fraction of sp³-hybridized carbons (Fsp3) is 0.625. The summed E-state index contributed by atoms with van der Waals surface area (Å²) in [5.41, 5.74) is 0.912. The molecule has 2 N–H and O–H groups in total. The van der Waals surface area contributed by atoms with Crippen LogP contribution in [0.15, 0.2) is 29.2 Å². The second-order valence-electron chi connectivity index (χ2n) is 6.52. The van der Waals surface area contributed by atoms with E-state index in [1.165, 1.54) is 25.7 Å². The molecule has 4 nitrogen and oxygen atoms in total. The number of sulfonamides is 1. The van der Waals surface area contributed by atoms with E-state index in [4.69, 9.17) is 0 Å². The molecule has 0 aliphatic heterocycles. The van der Waals surface area contributed by atoms with Crippen molar-refractivity contribution in [1.82, 2.24) is 4.72 Å². The molecular weight excluding hydrogens is 284 g/mol. The Labute approximate surface area is 127 Å². The van der Waals surface area contributed by atoms with Crippen LogP contribution >= 0.6 is 0 Å². The molecule has 2 aliphatic carbocycles. The summed E-state index contributed by atoms with van der Waals surface area (Å²) in [7, 11) is -1.60. The number of benzene rings is 1. The fourth-order valence-corrected chi connectivity index (χ4v) is 5.40. The van der Waals surface area contributed by atoms with E-state index in [2.05, 4.69) is 10.0 Å². The molecule has 116 valence electrons. The summed E-state index contributed by atoms with van der Waals surface area (Å²) in [5.74, 6) is 2.07. The molecule has 2 fully saturated rings. The van der Waals surface area contributed by atoms with Gasteiger partial charge in [0.05, 0.1) is 4.90 Å². The van der Waals surface area contributed by atoms with E-state index in [0.717, 1.165) is 17.5 Å². The Morgan fingerprint density at radius 1 is 1.14 bits per heavy atom. The predicted molar refractivity (Wildman–Crippen MR) is 84.7 cm³/mol. The second kappa shape index (κ2) is 5.61. The van der Waals surface area contributed by atoms with Crippen molar-refractivity contribution in [2.45, 2.75) is 43.5 Å². The summed E-state index contributed by atoms with van der Waals surface area (Å²) >= 11 is 0. The second-order valence-corrected chi connectivity index (χ2v) is 8.24. The van der Waals surface area contributed by atoms with Crippen LogP contribution < -0.4 is 10.0 Å². The smallest absolute Gasteiger partial charge is 0.240 e. The Morgan fingerprint density at radius 3 is 2.38 bits per heavy atom. The SMILES string of the molecule is CNc1ccc(S(=O)(=O)NC(C)C2CC3CCC2C3)cc1. The van der Waals surface area contributed by atoms with Crippen LogP contribution in [0.5, 0.6) is 0 Å². The minimum absolute atomic E-state index is 0.0225. The fourth-order valence-electron chi connectivity index (χ4n) is 4.11. The van der Waals surface area contributed by atoms with Crippen molar-refractivity contribution in [3.63, 3.8) is 0 Å². The maximum absolute atomic E-state index is 12.5. The summed E-state index contributed by atoms with van der Waals surface area (Å²) in [6.45, 7) is 2.02. The van der Waals surface area contributed by atoms with Crippen LogP contribution in [-0.4, -0.2) is 21.5 Å². The van der Waals surface area contributed by atoms with Crippen molar-refractivity contribution in [3.05, 3.63) is 24.3 Å². The topological polar surface area (TPSA) is 58.2 Å². The third kappa shape index (κ3) is 2.94. The molecule has 4 unspecified atom stereocenters. The molecule has 0 aromatic heterocycles. The van der Waals surface area contributed by atoms with E-state index >= 15 is 0 Å². The lowest BCUT2D eigenvalue weighted by Gasteiger charge is -2.28. The van der Waals surface area contributed by atoms with Gasteiger partial charge in [-0.15, -0.1) is 0 Å². The van der Waals surface area contributed by atoms with Crippen LogP contribution in [0.2, 0.25) is 0 Å². The summed E-state index contributed by atoms with van der Waals surface area (Å²) in [6, 6.07) is 6.91. The largest absolute Gasteiger partial charge is 0.388 e. The summed E-state index contributed by atoms with van der Waals surface area (Å²) < 4.78 is 27.8. The van der Waals surface area contributed by atoms with Gasteiger partial charge in [-0.05, 0) is 68.2 Å². The number of fused-ring (bicyclic) bond motifs is 2. The Kier molecular flexibility index (Phi) is 3.97. The van der Waals surface area contributed by atoms with Gasteiger partial charge in [-0.1, -0.05) is 6.42 Å². The van der Waals surface area contributed by atoms with Gasteiger partial charge in [0.15, 0.2) is 0 Å². The zero-order valence-corrected chi connectivity index (χ0v) is 13.5. The molecular formula is C16H24N2O2S. The molecule has 1 aromatic carbocycles. The van der Waals surface area contributed by atoms with Gasteiger partial charge in [0.1, 0.15) is 0 Å². The maximum Gasteiger partial charge on any atom is 0.240 e. The highest BCUT2D eigenvalue weighted by atomic mass is 32.2. The first kappa shape index (κ1) is 14.9. The van der Waals surface area contributed by atoms with E-state index in [1.807, 2.05) is 14.0 Å². The average Bonchev–Trinajstić information content (AvgIpc) is 3.09. The molecule has 0 radical (unpaired) electrons. The highest BCUT2D eigenvalue weighted by molar-refractivity contribution is 7.89. The standard InChI is InChI=1S/C16H24N2O2S/c1-11(16-10-12-3-4-13(16)9-12)18-21(19,20)15-7-5-14(17-2)6-8-15/h5-8,11-13,16-18H,3-4,9-10H2,1-2H3. The third-order valence-corrected chi connectivity index (χ3v) is 6.80. The van der Waals surface area contributed by atoms with Gasteiger partial charge in [0.2, 0.25) is 10.0 Å². The number of hydrogen-bond donors (Lipinski definition) is 2. The van der Waals surface area contributed by atoms with Gasteiger partial charge in [-0.2, -0.15) is 0 Å². The zero-order valence-electron chi connectivity index (χ0n) is 12.7. The lowest BCUT2D eigenvalue weighted by atomic mass is 9.84. The van der Waals surface area contributed by atoms with Crippen LogP contribution in [0.1, 0.15) is 32.6 Å². The molecule has 2 bridgehead atoms. The van der Waals surface area contributed by atoms with Gasteiger partial charge in [0, 0.05) is 18.8 Å². The Hall–Kier alpha value is -1.07. The first-order chi connectivity index (χ1) is 9.99. The molecule has 1 aromatic rings. The summed E-state index contributed by atoms with van der Waals surface area (Å²) in [6.07, 6.45) is 5.10. The Balaban J connectivity index is 1.70. The summed E-state index contributed by atoms with van der Waals surface area (Å²) in [4.78, 5) is 0.344. The number of anilines is 1. The molecule has 2 aliphatic rings. The van der Waals surface area contributed by atoms with Crippen LogP contribution in [0.25, 0.3) is 0 Å². The molecule has 21 heavy (non-hydrogen) atoms. The number of rotatable bonds is 5. The van der Waals surface area contributed by atoms with Crippen molar-refractivity contribution in [3.8, 4) is 0 Å². The zero-order chi connectivity index (χ0) is 15.0. The lowest BCUT2D eigenvalue weighted by molar-refractivity contribution is 0.280. The monoisotopic (exact) mass is 308 g/mol. The maximum atomic E-state index is 12.5. The molecule has 4 atom stereocenters. The average molecular weight is 308 g/mol. The molecule has 0 amide bonds. The first-order valence-electron chi connectivity index (χ1n) is 7.80. The number of hydrogen-bond acceptors (Lipinski definition) is 3. The minimum atomic E-state index is -3.42. The van der Waals surface area contributed by atoms with Gasteiger partial charge in [-0.3, -0.25) is 0 Å². The van der Waals surface area contributed by atoms with Gasteiger partial charge >= 0.3 is 0 Å². The highest BCUT2D eigenvalue weighted by Crippen LogP contribution is 2.49. The van der Waals surface area contributed by atoms with E-state index in [9.17, 15) is 8.42 Å². The first-order valence-corrected chi connectivity index (χ1v) is 9.28. The van der Waals surface area contributed by atoms with Crippen LogP contribution in [0.3, 0.4) is 0 Å². The Bertz CT molecular complexity index is 597. The molecule has 0 heterocycles. The molecule has 2 saturated carbocycles. The molecule has 5 heteroatoms. The quantitative estimate of drug-likeness (QED) is 0.879. The van der Waals surface area contributed by atoms with Crippen LogP contribution in [-0.2, 0) is 10.0 Å². The highest BCUT2D eigenvalue weighted by Gasteiger charge is 2.42. The minimum Gasteiger partial charge on any atom is -0.388 e. The predicted octanol–water partition coefficient (Wildman–Crippen LogP) is 2.83. The van der Waals surface area contributed by atoms with Crippen molar-refractivity contribution < 1.29 is 8.42 Å². The lowest BCUT2D eigenvalue weighted by Crippen LogP contribution is -2.40. The molecule has 0 spiro atoms. The van der Waals surface area contributed by atoms with Crippen molar-refractivity contribution >= 4 is 15.7 Å². The molecule has 3 rings (SSSR count). The third-order valence-electron chi connectivity index (χ3n) is 5.23. The van der Waals surface area contributed by atoms with E-state index in [0.29, 0.717) is 10.8 Å².